The van der Waals surface area contributed by atoms with Crippen LogP contribution in [0, 0.1) is 0 Å². The Morgan fingerprint density at radius 1 is 1.32 bits per heavy atom. The maximum Gasteiger partial charge on any atom is 0.387 e. The lowest BCUT2D eigenvalue weighted by molar-refractivity contribution is -0.0493. The number of rotatable bonds is 5. The van der Waals surface area contributed by atoms with Crippen LogP contribution in [0.15, 0.2) is 28.1 Å². The molecule has 15 heteroatoms. The molecular weight excluding hydrogens is 406 g/mol. The van der Waals surface area contributed by atoms with E-state index in [2.05, 4.69) is 46.5 Å². The van der Waals surface area contributed by atoms with Crippen molar-refractivity contribution < 1.29 is 27.7 Å². The van der Waals surface area contributed by atoms with Gasteiger partial charge in [0.15, 0.2) is 11.4 Å². The molecule has 2 aromatic rings. The fourth-order valence-corrected chi connectivity index (χ4v) is 2.34. The number of ether oxygens (including phenoxy) is 1. The van der Waals surface area contributed by atoms with Gasteiger partial charge in [-0.2, -0.15) is 8.78 Å². The third-order valence-electron chi connectivity index (χ3n) is 3.32. The zero-order chi connectivity index (χ0) is 20.3. The maximum absolute atomic E-state index is 12.7. The predicted molar refractivity (Wildman–Crippen MR) is 89.3 cm³/mol. The molecule has 2 amide bonds. The first-order chi connectivity index (χ1) is 13.4. The van der Waals surface area contributed by atoms with Crippen LogP contribution in [0.2, 0.25) is 5.02 Å². The van der Waals surface area contributed by atoms with Crippen molar-refractivity contribution in [2.24, 2.45) is 5.10 Å². The summed E-state index contributed by atoms with van der Waals surface area (Å²) in [7, 11) is 1.57. The summed E-state index contributed by atoms with van der Waals surface area (Å²) >= 11 is 6.17. The first kappa shape index (κ1) is 19.2. The maximum atomic E-state index is 12.7. The molecule has 0 radical (unpaired) electrons. The van der Waals surface area contributed by atoms with Crippen molar-refractivity contribution in [3.8, 4) is 5.75 Å². The quantitative estimate of drug-likeness (QED) is 0.548. The lowest BCUT2D eigenvalue weighted by Crippen LogP contribution is -2.45. The summed E-state index contributed by atoms with van der Waals surface area (Å²) in [5.74, 6) is -1.93. The van der Waals surface area contributed by atoms with E-state index >= 15 is 0 Å². The van der Waals surface area contributed by atoms with Crippen LogP contribution in [-0.2, 0) is 0 Å². The number of guanidine groups is 1. The molecule has 0 unspecified atom stereocenters. The van der Waals surface area contributed by atoms with Crippen molar-refractivity contribution in [3.05, 3.63) is 34.6 Å². The van der Waals surface area contributed by atoms with Crippen LogP contribution in [0.3, 0.4) is 0 Å². The zero-order valence-corrected chi connectivity index (χ0v) is 14.6. The number of alkyl halides is 2. The molecule has 0 atom stereocenters. The Hall–Kier alpha value is -3.52. The summed E-state index contributed by atoms with van der Waals surface area (Å²) in [5.41, 5.74) is 4.24. The number of carbonyl (C=O) groups excluding carboxylic acids is 2. The van der Waals surface area contributed by atoms with Gasteiger partial charge < -0.3 is 10.1 Å². The summed E-state index contributed by atoms with van der Waals surface area (Å²) < 4.78 is 34.0. The number of amides is 2. The van der Waals surface area contributed by atoms with Gasteiger partial charge in [0, 0.05) is 7.05 Å². The third kappa shape index (κ3) is 4.07. The van der Waals surface area contributed by atoms with Gasteiger partial charge in [-0.25, -0.2) is 10.2 Å². The Bertz CT molecular complexity index is 924. The standard InChI is InChI=1S/C13H11ClF2N8O4/c1-24-13(20-22-23-24)19-10(25)5-2-3-7(27-12(15)16)9(8(5)14)18-11(26)6-4-17-28-21-6/h2-4,12,22-23H,1H3,(H,18,26)(H,19,20,25). The molecule has 0 bridgehead atoms. The van der Waals surface area contributed by atoms with E-state index in [4.69, 9.17) is 11.6 Å². The first-order valence-corrected chi connectivity index (χ1v) is 7.74. The molecule has 0 aliphatic carbocycles. The van der Waals surface area contributed by atoms with Gasteiger partial charge >= 0.3 is 6.61 Å². The van der Waals surface area contributed by atoms with Crippen LogP contribution in [0.4, 0.5) is 14.5 Å². The second kappa shape index (κ2) is 8.01. The number of nitrogens with zero attached hydrogens (tertiary/aromatic N) is 4. The van der Waals surface area contributed by atoms with Gasteiger partial charge in [-0.05, 0) is 17.3 Å². The predicted octanol–water partition coefficient (Wildman–Crippen LogP) is 0.532. The Balaban J connectivity index is 1.91. The highest BCUT2D eigenvalue weighted by Crippen LogP contribution is 2.36. The van der Waals surface area contributed by atoms with E-state index < -0.39 is 24.2 Å². The highest BCUT2D eigenvalue weighted by atomic mass is 35.5. The van der Waals surface area contributed by atoms with Crippen LogP contribution in [0.1, 0.15) is 20.8 Å². The van der Waals surface area contributed by atoms with E-state index in [0.717, 1.165) is 18.3 Å². The number of halogens is 3. The van der Waals surface area contributed by atoms with Gasteiger partial charge in [-0.1, -0.05) is 16.8 Å². The Labute approximate surface area is 159 Å². The zero-order valence-electron chi connectivity index (χ0n) is 13.9. The molecule has 1 aliphatic rings. The van der Waals surface area contributed by atoms with E-state index in [1.54, 1.807) is 7.05 Å². The molecule has 148 valence electrons. The van der Waals surface area contributed by atoms with Gasteiger partial charge in [-0.3, -0.25) is 19.9 Å². The van der Waals surface area contributed by atoms with Crippen LogP contribution in [0.5, 0.6) is 5.75 Å². The van der Waals surface area contributed by atoms with Gasteiger partial charge in [0.2, 0.25) is 5.96 Å². The topological polar surface area (TPSA) is 146 Å². The molecule has 0 saturated carbocycles. The molecule has 0 saturated heterocycles. The van der Waals surface area contributed by atoms with Crippen LogP contribution in [0.25, 0.3) is 0 Å². The van der Waals surface area contributed by atoms with Gasteiger partial charge in [0.05, 0.1) is 10.6 Å². The number of hydrogen-bond donors (Lipinski definition) is 4. The SMILES string of the molecule is CN1NNN=C1NC(=O)c1ccc(OC(F)F)c(NC(=O)c2cnon2)c1Cl. The molecule has 0 spiro atoms. The molecule has 3 rings (SSSR count). The normalized spacial score (nSPS) is 13.2. The third-order valence-corrected chi connectivity index (χ3v) is 3.71. The van der Waals surface area contributed by atoms with E-state index in [1.165, 1.54) is 5.01 Å². The van der Waals surface area contributed by atoms with Gasteiger partial charge in [0.1, 0.15) is 11.9 Å². The molecule has 1 aromatic heterocycles. The second-order valence-electron chi connectivity index (χ2n) is 5.10. The summed E-state index contributed by atoms with van der Waals surface area (Å²) in [4.78, 5) is 24.6. The minimum atomic E-state index is -3.20. The number of hydrogen-bond acceptors (Lipinski definition) is 10. The number of hydrazine groups is 2. The van der Waals surface area contributed by atoms with E-state index in [1.807, 2.05) is 0 Å². The average Bonchev–Trinajstić information content (AvgIpc) is 3.30. The minimum Gasteiger partial charge on any atom is -0.433 e. The minimum absolute atomic E-state index is 0.119. The Kier molecular flexibility index (Phi) is 5.51. The monoisotopic (exact) mass is 416 g/mol. The fraction of sp³-hybridized carbons (Fsp3) is 0.154. The van der Waals surface area contributed by atoms with Crippen molar-refractivity contribution in [1.29, 1.82) is 0 Å². The van der Waals surface area contributed by atoms with Crippen molar-refractivity contribution in [3.63, 3.8) is 0 Å². The number of aromatic nitrogens is 2. The van der Waals surface area contributed by atoms with E-state index in [0.29, 0.717) is 0 Å². The fourth-order valence-electron chi connectivity index (χ4n) is 2.05. The summed E-state index contributed by atoms with van der Waals surface area (Å²) in [6.07, 6.45) is 1.00. The first-order valence-electron chi connectivity index (χ1n) is 7.36. The molecular formula is C13H11ClF2N8O4. The number of carbonyl (C=O) groups is 2. The lowest BCUT2D eigenvalue weighted by atomic mass is 10.1. The Morgan fingerprint density at radius 3 is 2.71 bits per heavy atom. The molecule has 1 aromatic carbocycles. The number of nitrogens with one attached hydrogen (secondary N) is 4. The van der Waals surface area contributed by atoms with Crippen molar-refractivity contribution in [2.45, 2.75) is 6.61 Å². The average molecular weight is 417 g/mol. The summed E-state index contributed by atoms with van der Waals surface area (Å²) in [5, 5.41) is 16.1. The van der Waals surface area contributed by atoms with Crippen molar-refractivity contribution in [2.75, 3.05) is 12.4 Å². The molecule has 0 fully saturated rings. The largest absolute Gasteiger partial charge is 0.433 e. The molecule has 12 nitrogen and oxygen atoms in total. The van der Waals surface area contributed by atoms with Crippen molar-refractivity contribution in [1.82, 2.24) is 31.7 Å². The smallest absolute Gasteiger partial charge is 0.387 e. The molecule has 1 aliphatic heterocycles. The number of anilines is 1. The summed E-state index contributed by atoms with van der Waals surface area (Å²) in [6.45, 7) is -3.20. The Morgan fingerprint density at radius 2 is 2.11 bits per heavy atom. The van der Waals surface area contributed by atoms with Crippen molar-refractivity contribution >= 4 is 35.1 Å². The second-order valence-corrected chi connectivity index (χ2v) is 5.48. The van der Waals surface area contributed by atoms with E-state index in [-0.39, 0.29) is 27.9 Å². The van der Waals surface area contributed by atoms with Crippen LogP contribution < -0.4 is 26.4 Å². The highest BCUT2D eigenvalue weighted by Gasteiger charge is 2.24. The van der Waals surface area contributed by atoms with E-state index in [9.17, 15) is 18.4 Å². The number of benzene rings is 1. The van der Waals surface area contributed by atoms with Gasteiger partial charge in [0.25, 0.3) is 11.8 Å². The molecule has 4 N–H and O–H groups in total. The molecule has 28 heavy (non-hydrogen) atoms. The van der Waals surface area contributed by atoms with Crippen LogP contribution >= 0.6 is 11.6 Å². The molecule has 2 heterocycles. The highest BCUT2D eigenvalue weighted by molar-refractivity contribution is 6.37. The van der Waals surface area contributed by atoms with Gasteiger partial charge in [-0.15, -0.1) is 10.6 Å². The lowest BCUT2D eigenvalue weighted by Gasteiger charge is -2.16. The summed E-state index contributed by atoms with van der Waals surface area (Å²) in [6, 6.07) is 2.21. The number of hydrazone groups is 1. The van der Waals surface area contributed by atoms with Crippen LogP contribution in [-0.4, -0.2) is 46.8 Å².